The first-order chi connectivity index (χ1) is 7.04. The lowest BCUT2D eigenvalue weighted by Crippen LogP contribution is -1.91. The van der Waals surface area contributed by atoms with Crippen molar-refractivity contribution in [2.45, 2.75) is 4.90 Å². The van der Waals surface area contributed by atoms with Gasteiger partial charge in [-0.1, -0.05) is 0 Å². The van der Waals surface area contributed by atoms with Crippen LogP contribution < -0.4 is 4.74 Å². The molecule has 1 N–H and O–H groups in total. The van der Waals surface area contributed by atoms with Gasteiger partial charge in [0.25, 0.3) is 9.05 Å². The van der Waals surface area contributed by atoms with E-state index in [1.165, 1.54) is 19.5 Å². The third-order valence-corrected chi connectivity index (χ3v) is 3.33. The molecule has 0 saturated heterocycles. The number of nitrogens with one attached hydrogen (secondary N) is 1. The summed E-state index contributed by atoms with van der Waals surface area (Å²) < 4.78 is 27.5. The molecule has 0 aliphatic heterocycles. The third kappa shape index (κ3) is 1.66. The zero-order chi connectivity index (χ0) is 11.1. The zero-order valence-electron chi connectivity index (χ0n) is 7.69. The van der Waals surface area contributed by atoms with E-state index in [0.29, 0.717) is 16.8 Å². The highest BCUT2D eigenvalue weighted by molar-refractivity contribution is 8.14. The summed E-state index contributed by atoms with van der Waals surface area (Å²) in [4.78, 5) is 6.66. The lowest BCUT2D eigenvalue weighted by Gasteiger charge is -2.01. The fourth-order valence-electron chi connectivity index (χ4n) is 1.36. The summed E-state index contributed by atoms with van der Waals surface area (Å²) in [5.41, 5.74) is 0.425. The molecule has 2 aromatic heterocycles. The molecule has 0 amide bonds. The molecule has 0 saturated carbocycles. The van der Waals surface area contributed by atoms with E-state index in [4.69, 9.17) is 15.4 Å². The number of halogens is 1. The molecule has 7 heteroatoms. The van der Waals surface area contributed by atoms with Gasteiger partial charge in [0.1, 0.15) is 16.3 Å². The van der Waals surface area contributed by atoms with Crippen LogP contribution >= 0.6 is 10.7 Å². The summed E-state index contributed by atoms with van der Waals surface area (Å²) >= 11 is 0. The van der Waals surface area contributed by atoms with E-state index < -0.39 is 9.05 Å². The Morgan fingerprint density at radius 2 is 2.27 bits per heavy atom. The highest BCUT2D eigenvalue weighted by Crippen LogP contribution is 2.31. The Kier molecular flexibility index (Phi) is 2.32. The van der Waals surface area contributed by atoms with Gasteiger partial charge < -0.3 is 9.72 Å². The summed E-state index contributed by atoms with van der Waals surface area (Å²) in [5, 5.41) is 0.370. The number of rotatable bonds is 2. The van der Waals surface area contributed by atoms with E-state index in [0.717, 1.165) is 0 Å². The lowest BCUT2D eigenvalue weighted by atomic mass is 10.3. The van der Waals surface area contributed by atoms with Crippen LogP contribution in [0, 0.1) is 0 Å². The van der Waals surface area contributed by atoms with Crippen LogP contribution in [0.1, 0.15) is 0 Å². The van der Waals surface area contributed by atoms with Gasteiger partial charge >= 0.3 is 0 Å². The Hall–Kier alpha value is -1.27. The van der Waals surface area contributed by atoms with Crippen molar-refractivity contribution >= 4 is 30.8 Å². The molecule has 0 spiro atoms. The van der Waals surface area contributed by atoms with Crippen molar-refractivity contribution < 1.29 is 13.2 Å². The molecule has 0 radical (unpaired) electrons. The number of hydrogen-bond donors (Lipinski definition) is 1. The Bertz CT molecular complexity index is 605. The van der Waals surface area contributed by atoms with Crippen LogP contribution in [0.4, 0.5) is 0 Å². The number of nitrogens with zero attached hydrogens (tertiary/aromatic N) is 1. The van der Waals surface area contributed by atoms with E-state index in [9.17, 15) is 8.42 Å². The highest BCUT2D eigenvalue weighted by Gasteiger charge is 2.19. The summed E-state index contributed by atoms with van der Waals surface area (Å²) in [6.07, 6.45) is 2.81. The molecule has 2 aromatic rings. The molecule has 2 heterocycles. The first-order valence-corrected chi connectivity index (χ1v) is 6.29. The second-order valence-electron chi connectivity index (χ2n) is 2.83. The maximum absolute atomic E-state index is 11.2. The predicted molar refractivity (Wildman–Crippen MR) is 55.7 cm³/mol. The fraction of sp³-hybridized carbons (Fsp3) is 0.125. The van der Waals surface area contributed by atoms with Crippen LogP contribution in [-0.4, -0.2) is 25.5 Å². The highest BCUT2D eigenvalue weighted by atomic mass is 35.7. The third-order valence-electron chi connectivity index (χ3n) is 1.98. The number of ether oxygens (including phenoxy) is 1. The number of methoxy groups -OCH3 is 1. The average molecular weight is 247 g/mol. The molecule has 0 aliphatic carbocycles. The summed E-state index contributed by atoms with van der Waals surface area (Å²) in [7, 11) is 2.93. The van der Waals surface area contributed by atoms with Gasteiger partial charge in [-0.15, -0.1) is 0 Å². The Morgan fingerprint density at radius 1 is 1.53 bits per heavy atom. The molecule has 80 valence electrons. The summed E-state index contributed by atoms with van der Waals surface area (Å²) in [5.74, 6) is 0.417. The van der Waals surface area contributed by atoms with Gasteiger partial charge in [-0.2, -0.15) is 0 Å². The van der Waals surface area contributed by atoms with E-state index in [1.807, 2.05) is 0 Å². The van der Waals surface area contributed by atoms with Crippen LogP contribution in [0.2, 0.25) is 0 Å². The van der Waals surface area contributed by atoms with Crippen LogP contribution in [-0.2, 0) is 9.05 Å². The quantitative estimate of drug-likeness (QED) is 0.815. The molecule has 15 heavy (non-hydrogen) atoms. The van der Waals surface area contributed by atoms with E-state index in [-0.39, 0.29) is 4.90 Å². The SMILES string of the molecule is COc1ccnc2[nH]cc(S(=O)(=O)Cl)c12. The number of aromatic nitrogens is 2. The molecule has 0 fully saturated rings. The number of pyridine rings is 1. The van der Waals surface area contributed by atoms with Crippen LogP contribution in [0.5, 0.6) is 5.75 Å². The molecule has 0 bridgehead atoms. The largest absolute Gasteiger partial charge is 0.496 e. The summed E-state index contributed by atoms with van der Waals surface area (Å²) in [6, 6.07) is 1.57. The number of aromatic amines is 1. The van der Waals surface area contributed by atoms with Crippen LogP contribution in [0.3, 0.4) is 0 Å². The van der Waals surface area contributed by atoms with Gasteiger partial charge in [0.2, 0.25) is 0 Å². The van der Waals surface area contributed by atoms with Crippen molar-refractivity contribution in [1.82, 2.24) is 9.97 Å². The zero-order valence-corrected chi connectivity index (χ0v) is 9.26. The molecule has 0 aromatic carbocycles. The topological polar surface area (TPSA) is 72.0 Å². The molecule has 0 atom stereocenters. The molecule has 2 rings (SSSR count). The van der Waals surface area contributed by atoms with Crippen LogP contribution in [0.25, 0.3) is 11.0 Å². The molecule has 0 unspecified atom stereocenters. The lowest BCUT2D eigenvalue weighted by molar-refractivity contribution is 0.419. The molecular formula is C8H7ClN2O3S. The first-order valence-electron chi connectivity index (χ1n) is 3.99. The molecule has 0 aliphatic rings. The molecular weight excluding hydrogens is 240 g/mol. The van der Waals surface area contributed by atoms with Gasteiger partial charge in [-0.25, -0.2) is 13.4 Å². The van der Waals surface area contributed by atoms with Gasteiger partial charge in [0.15, 0.2) is 0 Å². The predicted octanol–water partition coefficient (Wildman–Crippen LogP) is 1.50. The minimum absolute atomic E-state index is 0.0240. The van der Waals surface area contributed by atoms with Crippen molar-refractivity contribution in [3.05, 3.63) is 18.5 Å². The van der Waals surface area contributed by atoms with Crippen molar-refractivity contribution in [1.29, 1.82) is 0 Å². The van der Waals surface area contributed by atoms with Crippen molar-refractivity contribution in [2.75, 3.05) is 7.11 Å². The smallest absolute Gasteiger partial charge is 0.263 e. The van der Waals surface area contributed by atoms with Gasteiger partial charge in [-0.05, 0) is 6.07 Å². The Labute approximate surface area is 90.5 Å². The van der Waals surface area contributed by atoms with E-state index in [2.05, 4.69) is 9.97 Å². The number of fused-ring (bicyclic) bond motifs is 1. The van der Waals surface area contributed by atoms with Crippen LogP contribution in [0.15, 0.2) is 23.4 Å². The second-order valence-corrected chi connectivity index (χ2v) is 5.36. The molecule has 5 nitrogen and oxygen atoms in total. The number of hydrogen-bond acceptors (Lipinski definition) is 4. The standard InChI is InChI=1S/C8H7ClN2O3S/c1-14-5-2-3-10-8-7(5)6(4-11-8)15(9,12)13/h2-4H,1H3,(H,10,11). The average Bonchev–Trinajstić information content (AvgIpc) is 2.59. The van der Waals surface area contributed by atoms with E-state index in [1.54, 1.807) is 6.07 Å². The second kappa shape index (κ2) is 3.39. The fourth-order valence-corrected chi connectivity index (χ4v) is 2.37. The minimum atomic E-state index is -3.80. The Balaban J connectivity index is 2.89. The van der Waals surface area contributed by atoms with Crippen molar-refractivity contribution in [2.24, 2.45) is 0 Å². The van der Waals surface area contributed by atoms with Crippen molar-refractivity contribution in [3.8, 4) is 5.75 Å². The minimum Gasteiger partial charge on any atom is -0.496 e. The number of H-pyrrole nitrogens is 1. The normalized spacial score (nSPS) is 11.9. The van der Waals surface area contributed by atoms with Gasteiger partial charge in [0.05, 0.1) is 12.5 Å². The summed E-state index contributed by atoms with van der Waals surface area (Å²) in [6.45, 7) is 0. The van der Waals surface area contributed by atoms with Gasteiger partial charge in [-0.3, -0.25) is 0 Å². The maximum Gasteiger partial charge on any atom is 0.263 e. The first kappa shape index (κ1) is 10.3. The van der Waals surface area contributed by atoms with E-state index >= 15 is 0 Å². The monoisotopic (exact) mass is 246 g/mol. The maximum atomic E-state index is 11.2. The Morgan fingerprint density at radius 3 is 2.87 bits per heavy atom. The van der Waals surface area contributed by atoms with Crippen molar-refractivity contribution in [3.63, 3.8) is 0 Å². The van der Waals surface area contributed by atoms with Gasteiger partial charge in [0, 0.05) is 23.1 Å².